The summed E-state index contributed by atoms with van der Waals surface area (Å²) < 4.78 is 7.90. The Bertz CT molecular complexity index is 1220. The number of rotatable bonds is 6. The average molecular weight is 425 g/mol. The quantitative estimate of drug-likeness (QED) is 0.450. The zero-order chi connectivity index (χ0) is 21.8. The number of benzene rings is 2. The van der Waals surface area contributed by atoms with Crippen molar-refractivity contribution < 1.29 is 4.52 Å². The molecule has 0 spiro atoms. The summed E-state index contributed by atoms with van der Waals surface area (Å²) in [6, 6.07) is 19.9. The molecule has 1 aliphatic rings. The SMILES string of the molecule is N#Cc1cccc(-c2noc(C3CCCCN3Cc3nccn3Cc3ccccc3)n2)c1. The predicted octanol–water partition coefficient (Wildman–Crippen LogP) is 4.58. The van der Waals surface area contributed by atoms with Crippen molar-refractivity contribution in [3.05, 3.63) is 89.8 Å². The summed E-state index contributed by atoms with van der Waals surface area (Å²) in [6.07, 6.45) is 7.14. The van der Waals surface area contributed by atoms with Gasteiger partial charge < -0.3 is 9.09 Å². The zero-order valence-corrected chi connectivity index (χ0v) is 17.8. The van der Waals surface area contributed by atoms with Crippen molar-refractivity contribution in [2.24, 2.45) is 0 Å². The third-order valence-electron chi connectivity index (χ3n) is 5.93. The Morgan fingerprint density at radius 2 is 1.97 bits per heavy atom. The lowest BCUT2D eigenvalue weighted by Crippen LogP contribution is -2.34. The Hall–Kier alpha value is -3.76. The van der Waals surface area contributed by atoms with E-state index in [1.54, 1.807) is 12.1 Å². The van der Waals surface area contributed by atoms with Crippen molar-refractivity contribution in [3.8, 4) is 17.5 Å². The molecule has 0 bridgehead atoms. The Kier molecular flexibility index (Phi) is 5.77. The molecule has 1 unspecified atom stereocenters. The molecule has 160 valence electrons. The third kappa shape index (κ3) is 4.32. The highest BCUT2D eigenvalue weighted by Crippen LogP contribution is 2.32. The Balaban J connectivity index is 1.35. The molecule has 1 saturated heterocycles. The van der Waals surface area contributed by atoms with E-state index < -0.39 is 0 Å². The molecule has 4 aromatic rings. The Morgan fingerprint density at radius 3 is 2.84 bits per heavy atom. The molecular weight excluding hydrogens is 400 g/mol. The Morgan fingerprint density at radius 1 is 1.06 bits per heavy atom. The highest BCUT2D eigenvalue weighted by atomic mass is 16.5. The summed E-state index contributed by atoms with van der Waals surface area (Å²) in [6.45, 7) is 2.49. The maximum atomic E-state index is 9.16. The van der Waals surface area contributed by atoms with Crippen molar-refractivity contribution in [2.45, 2.75) is 38.4 Å². The second-order valence-electron chi connectivity index (χ2n) is 8.09. The molecule has 0 N–H and O–H groups in total. The number of hydrogen-bond donors (Lipinski definition) is 0. The fourth-order valence-electron chi connectivity index (χ4n) is 4.27. The van der Waals surface area contributed by atoms with Crippen LogP contribution in [0.5, 0.6) is 0 Å². The first-order valence-corrected chi connectivity index (χ1v) is 10.9. The van der Waals surface area contributed by atoms with E-state index in [1.807, 2.05) is 30.6 Å². The van der Waals surface area contributed by atoms with Crippen molar-refractivity contribution in [1.29, 1.82) is 5.26 Å². The maximum Gasteiger partial charge on any atom is 0.244 e. The van der Waals surface area contributed by atoms with E-state index in [0.717, 1.165) is 50.3 Å². The van der Waals surface area contributed by atoms with Crippen LogP contribution in [0.2, 0.25) is 0 Å². The van der Waals surface area contributed by atoms with E-state index >= 15 is 0 Å². The summed E-state index contributed by atoms with van der Waals surface area (Å²) in [7, 11) is 0. The third-order valence-corrected chi connectivity index (χ3v) is 5.93. The van der Waals surface area contributed by atoms with Gasteiger partial charge in [-0.25, -0.2) is 4.98 Å². The number of imidazole rings is 1. The van der Waals surface area contributed by atoms with Crippen molar-refractivity contribution in [2.75, 3.05) is 6.54 Å². The summed E-state index contributed by atoms with van der Waals surface area (Å²) in [5.74, 6) is 2.18. The van der Waals surface area contributed by atoms with Crippen LogP contribution in [0.4, 0.5) is 0 Å². The van der Waals surface area contributed by atoms with Gasteiger partial charge in [0.15, 0.2) is 0 Å². The van der Waals surface area contributed by atoms with Gasteiger partial charge >= 0.3 is 0 Å². The molecule has 5 rings (SSSR count). The first kappa shape index (κ1) is 20.2. The summed E-state index contributed by atoms with van der Waals surface area (Å²) in [5, 5.41) is 13.4. The minimum atomic E-state index is 0.0611. The Labute approximate surface area is 186 Å². The monoisotopic (exact) mass is 424 g/mol. The van der Waals surface area contributed by atoms with Gasteiger partial charge in [-0.3, -0.25) is 4.90 Å². The maximum absolute atomic E-state index is 9.16. The first-order valence-electron chi connectivity index (χ1n) is 10.9. The second kappa shape index (κ2) is 9.16. The molecule has 7 heteroatoms. The van der Waals surface area contributed by atoms with Gasteiger partial charge in [-0.1, -0.05) is 54.0 Å². The number of hydrogen-bond acceptors (Lipinski definition) is 6. The molecule has 1 atom stereocenters. The van der Waals surface area contributed by atoms with Gasteiger partial charge in [-0.05, 0) is 37.1 Å². The van der Waals surface area contributed by atoms with E-state index in [-0.39, 0.29) is 6.04 Å². The molecular formula is C25H24N6O. The van der Waals surface area contributed by atoms with Crippen LogP contribution in [-0.2, 0) is 13.1 Å². The van der Waals surface area contributed by atoms with Gasteiger partial charge in [0.25, 0.3) is 0 Å². The predicted molar refractivity (Wildman–Crippen MR) is 119 cm³/mol. The lowest BCUT2D eigenvalue weighted by atomic mass is 10.0. The van der Waals surface area contributed by atoms with Crippen LogP contribution in [-0.4, -0.2) is 31.1 Å². The van der Waals surface area contributed by atoms with Crippen LogP contribution >= 0.6 is 0 Å². The van der Waals surface area contributed by atoms with Gasteiger partial charge in [0.1, 0.15) is 5.82 Å². The summed E-state index contributed by atoms with van der Waals surface area (Å²) in [4.78, 5) is 11.7. The van der Waals surface area contributed by atoms with Gasteiger partial charge in [-0.2, -0.15) is 10.2 Å². The number of likely N-dealkylation sites (tertiary alicyclic amines) is 1. The number of aromatic nitrogens is 4. The number of nitrogens with zero attached hydrogens (tertiary/aromatic N) is 6. The molecule has 1 aliphatic heterocycles. The molecule has 1 fully saturated rings. The average Bonchev–Trinajstić information content (AvgIpc) is 3.50. The fourth-order valence-corrected chi connectivity index (χ4v) is 4.27. The van der Waals surface area contributed by atoms with Crippen molar-refractivity contribution in [3.63, 3.8) is 0 Å². The normalized spacial score (nSPS) is 16.7. The molecule has 2 aromatic carbocycles. The van der Waals surface area contributed by atoms with Crippen molar-refractivity contribution in [1.82, 2.24) is 24.6 Å². The van der Waals surface area contributed by atoms with Gasteiger partial charge in [0.2, 0.25) is 11.7 Å². The van der Waals surface area contributed by atoms with Crippen LogP contribution < -0.4 is 0 Å². The highest BCUT2D eigenvalue weighted by molar-refractivity contribution is 5.57. The van der Waals surface area contributed by atoms with E-state index in [2.05, 4.69) is 49.9 Å². The van der Waals surface area contributed by atoms with E-state index in [9.17, 15) is 0 Å². The fraction of sp³-hybridized carbons (Fsp3) is 0.280. The molecule has 3 heterocycles. The summed E-state index contributed by atoms with van der Waals surface area (Å²) in [5.41, 5.74) is 2.63. The smallest absolute Gasteiger partial charge is 0.244 e. The highest BCUT2D eigenvalue weighted by Gasteiger charge is 2.30. The van der Waals surface area contributed by atoms with Crippen LogP contribution in [0.1, 0.15) is 48.1 Å². The standard InChI is InChI=1S/C25H24N6O/c26-16-20-9-6-10-21(15-20)24-28-25(32-29-24)22-11-4-5-13-30(22)18-23-27-12-14-31(23)17-19-7-2-1-3-8-19/h1-3,6-10,12,14-15,22H,4-5,11,13,17-18H2. The molecule has 2 aromatic heterocycles. The lowest BCUT2D eigenvalue weighted by molar-refractivity contribution is 0.107. The number of piperidine rings is 1. The largest absolute Gasteiger partial charge is 0.337 e. The van der Waals surface area contributed by atoms with Crippen LogP contribution in [0.25, 0.3) is 11.4 Å². The second-order valence-corrected chi connectivity index (χ2v) is 8.09. The molecule has 32 heavy (non-hydrogen) atoms. The molecule has 0 amide bonds. The minimum absolute atomic E-state index is 0.0611. The molecule has 0 saturated carbocycles. The topological polar surface area (TPSA) is 83.8 Å². The molecule has 0 aliphatic carbocycles. The van der Waals surface area contributed by atoms with Gasteiger partial charge in [-0.15, -0.1) is 0 Å². The van der Waals surface area contributed by atoms with E-state index in [0.29, 0.717) is 17.3 Å². The molecule has 0 radical (unpaired) electrons. The zero-order valence-electron chi connectivity index (χ0n) is 17.8. The van der Waals surface area contributed by atoms with Crippen LogP contribution in [0.15, 0.2) is 71.5 Å². The van der Waals surface area contributed by atoms with Gasteiger partial charge in [0.05, 0.1) is 24.2 Å². The van der Waals surface area contributed by atoms with E-state index in [4.69, 9.17) is 14.8 Å². The van der Waals surface area contributed by atoms with Crippen molar-refractivity contribution >= 4 is 0 Å². The first-order chi connectivity index (χ1) is 15.8. The number of nitriles is 1. The lowest BCUT2D eigenvalue weighted by Gasteiger charge is -2.33. The van der Waals surface area contributed by atoms with Crippen LogP contribution in [0.3, 0.4) is 0 Å². The van der Waals surface area contributed by atoms with Gasteiger partial charge in [0, 0.05) is 24.5 Å². The summed E-state index contributed by atoms with van der Waals surface area (Å²) >= 11 is 0. The van der Waals surface area contributed by atoms with Crippen LogP contribution in [0, 0.1) is 11.3 Å². The minimum Gasteiger partial charge on any atom is -0.337 e. The molecule has 7 nitrogen and oxygen atoms in total. The van der Waals surface area contributed by atoms with E-state index in [1.165, 1.54) is 5.56 Å².